The maximum Gasteiger partial charge on any atom is 0.225 e. The van der Waals surface area contributed by atoms with Crippen LogP contribution in [0.1, 0.15) is 12.8 Å². The molecule has 1 atom stereocenters. The van der Waals surface area contributed by atoms with E-state index in [0.29, 0.717) is 19.0 Å². The number of piperidine rings is 1. The van der Waals surface area contributed by atoms with Crippen molar-refractivity contribution in [2.75, 3.05) is 31.6 Å². The van der Waals surface area contributed by atoms with E-state index in [1.807, 2.05) is 18.3 Å². The highest BCUT2D eigenvalue weighted by molar-refractivity contribution is 5.86. The molecule has 1 amide bonds. The van der Waals surface area contributed by atoms with Crippen LogP contribution in [0.4, 0.5) is 5.95 Å². The zero-order valence-electron chi connectivity index (χ0n) is 16.0. The van der Waals surface area contributed by atoms with E-state index in [2.05, 4.69) is 36.9 Å². The minimum atomic E-state index is -0.0287. The highest BCUT2D eigenvalue weighted by Crippen LogP contribution is 2.26. The summed E-state index contributed by atoms with van der Waals surface area (Å²) >= 11 is 0. The first kappa shape index (κ1) is 18.3. The summed E-state index contributed by atoms with van der Waals surface area (Å²) in [5, 5.41) is 4.18. The molecule has 0 aliphatic carbocycles. The second-order valence-corrected chi connectivity index (χ2v) is 7.03. The third-order valence-corrected chi connectivity index (χ3v) is 5.27. The molecular formula is C21H25N5O2. The van der Waals surface area contributed by atoms with Gasteiger partial charge in [0, 0.05) is 50.2 Å². The molecule has 2 aromatic heterocycles. The molecule has 28 heavy (non-hydrogen) atoms. The Morgan fingerprint density at radius 3 is 2.93 bits per heavy atom. The van der Waals surface area contributed by atoms with Crippen molar-refractivity contribution in [2.24, 2.45) is 5.92 Å². The summed E-state index contributed by atoms with van der Waals surface area (Å²) in [7, 11) is 1.68. The molecule has 146 valence electrons. The maximum absolute atomic E-state index is 12.7. The van der Waals surface area contributed by atoms with Gasteiger partial charge in [0.2, 0.25) is 11.9 Å². The van der Waals surface area contributed by atoms with Gasteiger partial charge in [-0.25, -0.2) is 9.97 Å². The van der Waals surface area contributed by atoms with Gasteiger partial charge < -0.3 is 19.5 Å². The van der Waals surface area contributed by atoms with Gasteiger partial charge in [-0.3, -0.25) is 4.79 Å². The second-order valence-electron chi connectivity index (χ2n) is 7.03. The lowest BCUT2D eigenvalue weighted by molar-refractivity contribution is -0.125. The van der Waals surface area contributed by atoms with Gasteiger partial charge in [-0.05, 0) is 37.1 Å². The van der Waals surface area contributed by atoms with Gasteiger partial charge in [0.15, 0.2) is 0 Å². The zero-order chi connectivity index (χ0) is 19.3. The normalized spacial score (nSPS) is 16.9. The Kier molecular flexibility index (Phi) is 5.41. The van der Waals surface area contributed by atoms with Crippen molar-refractivity contribution in [1.29, 1.82) is 0 Å². The number of amides is 1. The molecule has 1 fully saturated rings. The van der Waals surface area contributed by atoms with Crippen LogP contribution in [0.15, 0.2) is 48.9 Å². The van der Waals surface area contributed by atoms with E-state index in [1.54, 1.807) is 25.6 Å². The molecule has 1 saturated heterocycles. The van der Waals surface area contributed by atoms with E-state index in [-0.39, 0.29) is 11.8 Å². The van der Waals surface area contributed by atoms with Crippen molar-refractivity contribution in [1.82, 2.24) is 19.9 Å². The fourth-order valence-corrected chi connectivity index (χ4v) is 3.84. The number of nitrogens with one attached hydrogen (secondary N) is 1. The summed E-state index contributed by atoms with van der Waals surface area (Å²) in [6.45, 7) is 2.88. The summed E-state index contributed by atoms with van der Waals surface area (Å²) in [6, 6.07) is 9.86. The van der Waals surface area contributed by atoms with Crippen LogP contribution in [0.25, 0.3) is 10.9 Å². The van der Waals surface area contributed by atoms with Crippen LogP contribution in [0, 0.1) is 5.92 Å². The number of rotatable bonds is 6. The molecule has 1 N–H and O–H groups in total. The summed E-state index contributed by atoms with van der Waals surface area (Å²) in [4.78, 5) is 23.4. The third kappa shape index (κ3) is 3.78. The number of nitrogens with zero attached hydrogens (tertiary/aromatic N) is 4. The molecule has 0 unspecified atom stereocenters. The first-order valence-corrected chi connectivity index (χ1v) is 9.68. The average molecular weight is 379 g/mol. The Morgan fingerprint density at radius 2 is 2.11 bits per heavy atom. The van der Waals surface area contributed by atoms with Gasteiger partial charge in [0.25, 0.3) is 0 Å². The smallest absolute Gasteiger partial charge is 0.225 e. The second kappa shape index (κ2) is 8.29. The predicted molar refractivity (Wildman–Crippen MR) is 108 cm³/mol. The summed E-state index contributed by atoms with van der Waals surface area (Å²) in [6.07, 6.45) is 7.39. The van der Waals surface area contributed by atoms with Crippen molar-refractivity contribution in [2.45, 2.75) is 19.4 Å². The van der Waals surface area contributed by atoms with E-state index in [1.165, 1.54) is 0 Å². The Bertz CT molecular complexity index is 940. The van der Waals surface area contributed by atoms with E-state index >= 15 is 0 Å². The van der Waals surface area contributed by atoms with Gasteiger partial charge in [0.1, 0.15) is 5.75 Å². The van der Waals surface area contributed by atoms with Crippen LogP contribution in [0.3, 0.4) is 0 Å². The number of anilines is 1. The van der Waals surface area contributed by atoms with Crippen LogP contribution in [-0.2, 0) is 11.3 Å². The number of carbonyl (C=O) groups excluding carboxylic acids is 1. The molecule has 0 bridgehead atoms. The first-order chi connectivity index (χ1) is 13.8. The molecule has 0 saturated carbocycles. The van der Waals surface area contributed by atoms with Gasteiger partial charge >= 0.3 is 0 Å². The lowest BCUT2D eigenvalue weighted by Gasteiger charge is -2.31. The molecule has 3 heterocycles. The molecule has 1 aliphatic heterocycles. The Labute approximate surface area is 164 Å². The number of aromatic nitrogens is 3. The van der Waals surface area contributed by atoms with E-state index in [9.17, 15) is 4.79 Å². The highest BCUT2D eigenvalue weighted by atomic mass is 16.5. The molecule has 3 aromatic rings. The zero-order valence-corrected chi connectivity index (χ0v) is 16.0. The summed E-state index contributed by atoms with van der Waals surface area (Å²) in [5.41, 5.74) is 1.11. The van der Waals surface area contributed by atoms with E-state index < -0.39 is 0 Å². The van der Waals surface area contributed by atoms with E-state index in [4.69, 9.17) is 4.74 Å². The Morgan fingerprint density at radius 1 is 1.25 bits per heavy atom. The first-order valence-electron chi connectivity index (χ1n) is 9.68. The fraction of sp³-hybridized carbons (Fsp3) is 0.381. The molecule has 0 spiro atoms. The van der Waals surface area contributed by atoms with Crippen LogP contribution >= 0.6 is 0 Å². The number of carbonyl (C=O) groups is 1. The minimum Gasteiger partial charge on any atom is -0.496 e. The van der Waals surface area contributed by atoms with Crippen LogP contribution in [0.2, 0.25) is 0 Å². The number of hydrogen-bond donors (Lipinski definition) is 1. The van der Waals surface area contributed by atoms with Crippen LogP contribution in [-0.4, -0.2) is 47.2 Å². The predicted octanol–water partition coefficient (Wildman–Crippen LogP) is 2.47. The standard InChI is InChI=1S/C21H25N5O2/c1-28-19-7-2-6-18-17(19)8-13-25(18)14-11-22-20(27)16-5-3-12-26(15-16)21-23-9-4-10-24-21/h2,4,6-10,13,16H,3,5,11-12,14-15H2,1H3,(H,22,27)/t16-/m1/s1. The van der Waals surface area contributed by atoms with Crippen molar-refractivity contribution in [3.8, 4) is 5.75 Å². The Balaban J connectivity index is 1.33. The van der Waals surface area contributed by atoms with Crippen LogP contribution in [0.5, 0.6) is 5.75 Å². The maximum atomic E-state index is 12.7. The van der Waals surface area contributed by atoms with Crippen molar-refractivity contribution in [3.63, 3.8) is 0 Å². The molecule has 4 rings (SSSR count). The van der Waals surface area contributed by atoms with E-state index in [0.717, 1.165) is 42.6 Å². The number of methoxy groups -OCH3 is 1. The Hall–Kier alpha value is -3.09. The SMILES string of the molecule is COc1cccc2c1ccn2CCNC(=O)[C@@H]1CCCN(c2ncccn2)C1. The lowest BCUT2D eigenvalue weighted by atomic mass is 9.97. The molecule has 1 aromatic carbocycles. The number of fused-ring (bicyclic) bond motifs is 1. The summed E-state index contributed by atoms with van der Waals surface area (Å²) < 4.78 is 7.55. The molecule has 0 radical (unpaired) electrons. The average Bonchev–Trinajstić information content (AvgIpc) is 3.17. The molecule has 7 nitrogen and oxygen atoms in total. The van der Waals surface area contributed by atoms with Gasteiger partial charge in [-0.15, -0.1) is 0 Å². The largest absolute Gasteiger partial charge is 0.496 e. The summed E-state index contributed by atoms with van der Waals surface area (Å²) in [5.74, 6) is 1.65. The number of ether oxygens (including phenoxy) is 1. The molecular weight excluding hydrogens is 354 g/mol. The van der Waals surface area contributed by atoms with Crippen molar-refractivity contribution < 1.29 is 9.53 Å². The van der Waals surface area contributed by atoms with Gasteiger partial charge in [-0.2, -0.15) is 0 Å². The minimum absolute atomic E-state index is 0.0287. The number of hydrogen-bond acceptors (Lipinski definition) is 5. The highest BCUT2D eigenvalue weighted by Gasteiger charge is 2.26. The third-order valence-electron chi connectivity index (χ3n) is 5.27. The fourth-order valence-electron chi connectivity index (χ4n) is 3.84. The van der Waals surface area contributed by atoms with Crippen LogP contribution < -0.4 is 15.0 Å². The van der Waals surface area contributed by atoms with Gasteiger partial charge in [-0.1, -0.05) is 6.07 Å². The molecule has 7 heteroatoms. The van der Waals surface area contributed by atoms with Gasteiger partial charge in [0.05, 0.1) is 18.5 Å². The topological polar surface area (TPSA) is 72.3 Å². The molecule has 1 aliphatic rings. The number of benzene rings is 1. The van der Waals surface area contributed by atoms with Crippen molar-refractivity contribution in [3.05, 3.63) is 48.9 Å². The lowest BCUT2D eigenvalue weighted by Crippen LogP contribution is -2.44. The van der Waals surface area contributed by atoms with Crippen molar-refractivity contribution >= 4 is 22.8 Å². The monoisotopic (exact) mass is 379 g/mol. The quantitative estimate of drug-likeness (QED) is 0.712.